The van der Waals surface area contributed by atoms with Gasteiger partial charge in [0.25, 0.3) is 0 Å². The Hall–Kier alpha value is -1.06. The third-order valence-electron chi connectivity index (χ3n) is 1.79. The smallest absolute Gasteiger partial charge is 0.150 e. The van der Waals surface area contributed by atoms with Gasteiger partial charge in [-0.3, -0.25) is 4.79 Å². The molecule has 0 saturated heterocycles. The van der Waals surface area contributed by atoms with Crippen LogP contribution in [0.3, 0.4) is 0 Å². The number of hydrogen-bond donors (Lipinski definition) is 1. The van der Waals surface area contributed by atoms with E-state index in [1.54, 1.807) is 12.1 Å². The molecule has 0 spiro atoms. The number of nitrogens with two attached hydrogens (primary N) is 1. The summed E-state index contributed by atoms with van der Waals surface area (Å²) in [4.78, 5) is 10.7. The van der Waals surface area contributed by atoms with E-state index in [0.717, 1.165) is 16.4 Å². The Morgan fingerprint density at radius 2 is 2.15 bits per heavy atom. The van der Waals surface area contributed by atoms with Crippen LogP contribution in [0.1, 0.15) is 10.4 Å². The Morgan fingerprint density at radius 3 is 2.85 bits per heavy atom. The normalized spacial score (nSPS) is 10.5. The summed E-state index contributed by atoms with van der Waals surface area (Å²) in [5.74, 6) is 0. The molecule has 13 heavy (non-hydrogen) atoms. The molecule has 0 unspecified atom stereocenters. The fourth-order valence-electron chi connectivity index (χ4n) is 1.25. The molecule has 1 aromatic carbocycles. The zero-order chi connectivity index (χ0) is 9.42. The molecule has 66 valence electrons. The molecular formula is C9H6ClNOS. The van der Waals surface area contributed by atoms with E-state index in [2.05, 4.69) is 0 Å². The van der Waals surface area contributed by atoms with Crippen molar-refractivity contribution in [3.63, 3.8) is 0 Å². The first kappa shape index (κ1) is 8.53. The fourth-order valence-corrected chi connectivity index (χ4v) is 2.48. The second kappa shape index (κ2) is 3.01. The van der Waals surface area contributed by atoms with Gasteiger partial charge in [-0.15, -0.1) is 11.3 Å². The highest BCUT2D eigenvalue weighted by molar-refractivity contribution is 7.22. The van der Waals surface area contributed by atoms with E-state index in [1.807, 2.05) is 6.07 Å². The zero-order valence-corrected chi connectivity index (χ0v) is 8.15. The largest absolute Gasteiger partial charge is 0.399 e. The predicted molar refractivity (Wildman–Crippen MR) is 56.6 cm³/mol. The highest BCUT2D eigenvalue weighted by Gasteiger charge is 2.05. The second-order valence-electron chi connectivity index (χ2n) is 2.69. The average molecular weight is 212 g/mol. The number of aldehydes is 1. The van der Waals surface area contributed by atoms with E-state index in [4.69, 9.17) is 17.3 Å². The number of rotatable bonds is 1. The number of carbonyl (C=O) groups excluding carboxylic acids is 1. The molecule has 0 saturated carbocycles. The molecule has 0 radical (unpaired) electrons. The molecule has 0 atom stereocenters. The SMILES string of the molecule is Nc1cc(C=O)c2cc(Cl)sc2c1. The quantitative estimate of drug-likeness (QED) is 0.582. The van der Waals surface area contributed by atoms with Gasteiger partial charge in [-0.25, -0.2) is 0 Å². The summed E-state index contributed by atoms with van der Waals surface area (Å²) in [5.41, 5.74) is 6.80. The lowest BCUT2D eigenvalue weighted by Crippen LogP contribution is -1.87. The van der Waals surface area contributed by atoms with Crippen LogP contribution in [-0.4, -0.2) is 6.29 Å². The number of carbonyl (C=O) groups is 1. The number of anilines is 1. The summed E-state index contributed by atoms with van der Waals surface area (Å²) < 4.78 is 1.62. The van der Waals surface area contributed by atoms with Crippen molar-refractivity contribution in [1.82, 2.24) is 0 Å². The van der Waals surface area contributed by atoms with Crippen molar-refractivity contribution < 1.29 is 4.79 Å². The minimum absolute atomic E-state index is 0.591. The van der Waals surface area contributed by atoms with Gasteiger partial charge in [0.1, 0.15) is 0 Å². The van der Waals surface area contributed by atoms with Crippen molar-refractivity contribution in [1.29, 1.82) is 0 Å². The molecule has 1 aromatic heterocycles. The van der Waals surface area contributed by atoms with Crippen LogP contribution in [0.5, 0.6) is 0 Å². The van der Waals surface area contributed by atoms with Gasteiger partial charge in [0, 0.05) is 21.3 Å². The molecule has 0 aliphatic heterocycles. The molecule has 1 heterocycles. The lowest BCUT2D eigenvalue weighted by molar-refractivity contribution is 0.112. The van der Waals surface area contributed by atoms with Crippen LogP contribution in [0, 0.1) is 0 Å². The van der Waals surface area contributed by atoms with Gasteiger partial charge in [0.15, 0.2) is 6.29 Å². The number of benzene rings is 1. The molecule has 2 nitrogen and oxygen atoms in total. The maximum Gasteiger partial charge on any atom is 0.150 e. The maximum absolute atomic E-state index is 10.7. The van der Waals surface area contributed by atoms with Crippen LogP contribution < -0.4 is 5.73 Å². The Kier molecular flexibility index (Phi) is 1.98. The summed E-state index contributed by atoms with van der Waals surface area (Å²) in [6.45, 7) is 0. The zero-order valence-electron chi connectivity index (χ0n) is 6.58. The van der Waals surface area contributed by atoms with Crippen LogP contribution in [0.15, 0.2) is 18.2 Å². The molecule has 0 aliphatic rings. The summed E-state index contributed by atoms with van der Waals surface area (Å²) in [6, 6.07) is 5.25. The van der Waals surface area contributed by atoms with Crippen molar-refractivity contribution in [2.24, 2.45) is 0 Å². The summed E-state index contributed by atoms with van der Waals surface area (Å²) in [7, 11) is 0. The molecule has 2 rings (SSSR count). The minimum Gasteiger partial charge on any atom is -0.399 e. The molecule has 4 heteroatoms. The van der Waals surface area contributed by atoms with Gasteiger partial charge in [-0.05, 0) is 18.2 Å². The maximum atomic E-state index is 10.7. The lowest BCUT2D eigenvalue weighted by Gasteiger charge is -1.96. The predicted octanol–water partition coefficient (Wildman–Crippen LogP) is 2.95. The first-order chi connectivity index (χ1) is 6.20. The molecule has 0 aliphatic carbocycles. The molecule has 0 amide bonds. The highest BCUT2D eigenvalue weighted by Crippen LogP contribution is 2.32. The Morgan fingerprint density at radius 1 is 1.38 bits per heavy atom. The summed E-state index contributed by atoms with van der Waals surface area (Å²) >= 11 is 7.25. The Bertz CT molecular complexity index is 478. The molecule has 2 aromatic rings. The van der Waals surface area contributed by atoms with Crippen LogP contribution in [0.2, 0.25) is 4.34 Å². The number of thiophene rings is 1. The first-order valence-corrected chi connectivity index (χ1v) is 4.84. The van der Waals surface area contributed by atoms with Gasteiger partial charge in [-0.2, -0.15) is 0 Å². The summed E-state index contributed by atoms with van der Waals surface area (Å²) in [5, 5.41) is 0.874. The second-order valence-corrected chi connectivity index (χ2v) is 4.41. The topological polar surface area (TPSA) is 43.1 Å². The van der Waals surface area contributed by atoms with Crippen molar-refractivity contribution in [3.05, 3.63) is 28.1 Å². The number of hydrogen-bond acceptors (Lipinski definition) is 3. The summed E-state index contributed by atoms with van der Waals surface area (Å²) in [6.07, 6.45) is 0.793. The third-order valence-corrected chi connectivity index (χ3v) is 3.00. The van der Waals surface area contributed by atoms with Crippen LogP contribution in [0.4, 0.5) is 5.69 Å². The minimum atomic E-state index is 0.591. The van der Waals surface area contributed by atoms with Crippen LogP contribution in [0.25, 0.3) is 10.1 Å². The van der Waals surface area contributed by atoms with Crippen molar-refractivity contribution >= 4 is 45.0 Å². The van der Waals surface area contributed by atoms with Gasteiger partial charge in [-0.1, -0.05) is 11.6 Å². The van der Waals surface area contributed by atoms with Crippen molar-refractivity contribution in [2.45, 2.75) is 0 Å². The Labute approximate surface area is 83.9 Å². The Balaban J connectivity index is 2.88. The number of fused-ring (bicyclic) bond motifs is 1. The van der Waals surface area contributed by atoms with Gasteiger partial charge < -0.3 is 5.73 Å². The van der Waals surface area contributed by atoms with Crippen LogP contribution >= 0.6 is 22.9 Å². The molecule has 0 bridgehead atoms. The molecule has 0 fully saturated rings. The molecule has 2 N–H and O–H groups in total. The van der Waals surface area contributed by atoms with Crippen LogP contribution in [-0.2, 0) is 0 Å². The van der Waals surface area contributed by atoms with E-state index in [-0.39, 0.29) is 0 Å². The van der Waals surface area contributed by atoms with E-state index >= 15 is 0 Å². The monoisotopic (exact) mass is 211 g/mol. The lowest BCUT2D eigenvalue weighted by atomic mass is 10.1. The fraction of sp³-hybridized carbons (Fsp3) is 0. The highest BCUT2D eigenvalue weighted by atomic mass is 35.5. The van der Waals surface area contributed by atoms with E-state index in [9.17, 15) is 4.79 Å². The number of halogens is 1. The average Bonchev–Trinajstić information content (AvgIpc) is 2.43. The van der Waals surface area contributed by atoms with Gasteiger partial charge in [0.2, 0.25) is 0 Å². The van der Waals surface area contributed by atoms with E-state index < -0.39 is 0 Å². The van der Waals surface area contributed by atoms with Gasteiger partial charge in [0.05, 0.1) is 4.34 Å². The number of nitrogen functional groups attached to an aromatic ring is 1. The first-order valence-electron chi connectivity index (χ1n) is 3.64. The third kappa shape index (κ3) is 1.41. The standard InChI is InChI=1S/C9H6ClNOS/c10-9-3-7-5(4-12)1-6(11)2-8(7)13-9/h1-4H,11H2. The van der Waals surface area contributed by atoms with E-state index in [1.165, 1.54) is 11.3 Å². The van der Waals surface area contributed by atoms with E-state index in [0.29, 0.717) is 15.6 Å². The molecular weight excluding hydrogens is 206 g/mol. The van der Waals surface area contributed by atoms with Gasteiger partial charge >= 0.3 is 0 Å². The van der Waals surface area contributed by atoms with Crippen molar-refractivity contribution in [3.8, 4) is 0 Å². The van der Waals surface area contributed by atoms with Crippen molar-refractivity contribution in [2.75, 3.05) is 5.73 Å².